The molecule has 2 aromatic heterocycles. The second-order valence-electron chi connectivity index (χ2n) is 5.04. The SMILES string of the molecule is COC1=Cc2c(C(C)=O)c(Cl)c(-c3cccnc3F)n2CC1. The Bertz CT molecular complexity index is 796. The number of halogens is 2. The maximum Gasteiger partial charge on any atom is 0.222 e. The van der Waals surface area contributed by atoms with Gasteiger partial charge in [0.1, 0.15) is 0 Å². The quantitative estimate of drug-likeness (QED) is 0.635. The first-order chi connectivity index (χ1) is 10.5. The zero-order chi connectivity index (χ0) is 15.9. The first-order valence-electron chi connectivity index (χ1n) is 6.83. The molecule has 22 heavy (non-hydrogen) atoms. The van der Waals surface area contributed by atoms with E-state index in [1.165, 1.54) is 13.1 Å². The number of allylic oxidation sites excluding steroid dienone is 1. The molecule has 0 saturated carbocycles. The number of carbonyl (C=O) groups excluding carboxylic acids is 1. The third-order valence-corrected chi connectivity index (χ3v) is 4.12. The molecule has 1 aliphatic heterocycles. The van der Waals surface area contributed by atoms with E-state index in [0.717, 1.165) is 5.76 Å². The van der Waals surface area contributed by atoms with Gasteiger partial charge in [-0.25, -0.2) is 4.98 Å². The summed E-state index contributed by atoms with van der Waals surface area (Å²) < 4.78 is 21.2. The van der Waals surface area contributed by atoms with Crippen molar-refractivity contribution in [2.75, 3.05) is 7.11 Å². The van der Waals surface area contributed by atoms with E-state index < -0.39 is 5.95 Å². The van der Waals surface area contributed by atoms with E-state index >= 15 is 0 Å². The van der Waals surface area contributed by atoms with Crippen molar-refractivity contribution >= 4 is 23.5 Å². The summed E-state index contributed by atoms with van der Waals surface area (Å²) in [5, 5.41) is 0.253. The average Bonchev–Trinajstić information content (AvgIpc) is 2.79. The molecular formula is C16H14ClFN2O2. The van der Waals surface area contributed by atoms with Crippen LogP contribution in [0.2, 0.25) is 5.02 Å². The van der Waals surface area contributed by atoms with Gasteiger partial charge >= 0.3 is 0 Å². The lowest BCUT2D eigenvalue weighted by Gasteiger charge is -2.18. The third-order valence-electron chi connectivity index (χ3n) is 3.75. The lowest BCUT2D eigenvalue weighted by Crippen LogP contribution is -2.11. The van der Waals surface area contributed by atoms with Crippen molar-refractivity contribution in [1.29, 1.82) is 0 Å². The maximum absolute atomic E-state index is 14.1. The lowest BCUT2D eigenvalue weighted by atomic mass is 10.1. The molecule has 0 atom stereocenters. The van der Waals surface area contributed by atoms with Gasteiger partial charge in [-0.1, -0.05) is 11.6 Å². The highest BCUT2D eigenvalue weighted by Gasteiger charge is 2.28. The summed E-state index contributed by atoms with van der Waals surface area (Å²) in [7, 11) is 1.58. The molecule has 0 radical (unpaired) electrons. The van der Waals surface area contributed by atoms with E-state index in [2.05, 4.69) is 4.98 Å². The van der Waals surface area contributed by atoms with E-state index in [9.17, 15) is 9.18 Å². The minimum Gasteiger partial charge on any atom is -0.501 e. The van der Waals surface area contributed by atoms with Gasteiger partial charge < -0.3 is 9.30 Å². The summed E-state index contributed by atoms with van der Waals surface area (Å²) in [6, 6.07) is 3.25. The Morgan fingerprint density at radius 2 is 2.27 bits per heavy atom. The molecule has 0 spiro atoms. The second-order valence-corrected chi connectivity index (χ2v) is 5.42. The summed E-state index contributed by atoms with van der Waals surface area (Å²) in [6.45, 7) is 2.01. The van der Waals surface area contributed by atoms with Crippen molar-refractivity contribution in [3.8, 4) is 11.3 Å². The van der Waals surface area contributed by atoms with Crippen LogP contribution < -0.4 is 0 Å². The van der Waals surface area contributed by atoms with E-state index in [-0.39, 0.29) is 16.4 Å². The van der Waals surface area contributed by atoms with E-state index in [1.54, 1.807) is 25.3 Å². The summed E-state index contributed by atoms with van der Waals surface area (Å²) in [5.41, 5.74) is 1.81. The fourth-order valence-electron chi connectivity index (χ4n) is 2.76. The molecule has 4 nitrogen and oxygen atoms in total. The zero-order valence-electron chi connectivity index (χ0n) is 12.2. The van der Waals surface area contributed by atoms with Gasteiger partial charge in [0.05, 0.1) is 40.4 Å². The van der Waals surface area contributed by atoms with Gasteiger partial charge in [-0.05, 0) is 19.1 Å². The minimum atomic E-state index is -0.610. The summed E-state index contributed by atoms with van der Waals surface area (Å²) in [6.07, 6.45) is 3.81. The molecule has 0 N–H and O–H groups in total. The van der Waals surface area contributed by atoms with Crippen molar-refractivity contribution in [1.82, 2.24) is 9.55 Å². The summed E-state index contributed by atoms with van der Waals surface area (Å²) in [5.74, 6) is -0.0124. The Balaban J connectivity index is 2.32. The van der Waals surface area contributed by atoms with Gasteiger partial charge in [-0.3, -0.25) is 4.79 Å². The monoisotopic (exact) mass is 320 g/mol. The fourth-order valence-corrected chi connectivity index (χ4v) is 3.19. The normalized spacial score (nSPS) is 13.5. The maximum atomic E-state index is 14.1. The number of ether oxygens (including phenoxy) is 1. The predicted molar refractivity (Wildman–Crippen MR) is 82.2 cm³/mol. The van der Waals surface area contributed by atoms with E-state index in [1.807, 2.05) is 4.57 Å². The highest BCUT2D eigenvalue weighted by Crippen LogP contribution is 2.40. The van der Waals surface area contributed by atoms with Crippen LogP contribution in [0.5, 0.6) is 0 Å². The van der Waals surface area contributed by atoms with Crippen LogP contribution in [0, 0.1) is 5.95 Å². The molecule has 0 aliphatic carbocycles. The number of rotatable bonds is 3. The molecule has 0 bridgehead atoms. The molecule has 6 heteroatoms. The molecule has 0 amide bonds. The Kier molecular flexibility index (Phi) is 3.74. The molecule has 0 unspecified atom stereocenters. The summed E-state index contributed by atoms with van der Waals surface area (Å²) >= 11 is 6.41. The fraction of sp³-hybridized carbons (Fsp3) is 0.250. The van der Waals surface area contributed by atoms with Crippen LogP contribution >= 0.6 is 11.6 Å². The molecule has 0 saturated heterocycles. The molecule has 2 aromatic rings. The molecule has 3 heterocycles. The predicted octanol–water partition coefficient (Wildman–Crippen LogP) is 3.94. The largest absolute Gasteiger partial charge is 0.501 e. The average molecular weight is 321 g/mol. The molecule has 0 aromatic carbocycles. The molecule has 1 aliphatic rings. The van der Waals surface area contributed by atoms with Crippen LogP contribution in [0.15, 0.2) is 24.1 Å². The van der Waals surface area contributed by atoms with Crippen LogP contribution in [0.25, 0.3) is 17.3 Å². The number of hydrogen-bond donors (Lipinski definition) is 0. The summed E-state index contributed by atoms with van der Waals surface area (Å²) in [4.78, 5) is 15.7. The third kappa shape index (κ3) is 2.22. The van der Waals surface area contributed by atoms with Gasteiger partial charge in [-0.15, -0.1) is 0 Å². The number of pyridine rings is 1. The van der Waals surface area contributed by atoms with Crippen molar-refractivity contribution in [2.24, 2.45) is 0 Å². The Hall–Kier alpha value is -2.14. The number of ketones is 1. The number of hydrogen-bond acceptors (Lipinski definition) is 3. The molecule has 114 valence electrons. The van der Waals surface area contributed by atoms with Crippen molar-refractivity contribution < 1.29 is 13.9 Å². The van der Waals surface area contributed by atoms with E-state index in [4.69, 9.17) is 16.3 Å². The number of aromatic nitrogens is 2. The van der Waals surface area contributed by atoms with Crippen molar-refractivity contribution in [2.45, 2.75) is 19.9 Å². The smallest absolute Gasteiger partial charge is 0.222 e. The van der Waals surface area contributed by atoms with Gasteiger partial charge in [-0.2, -0.15) is 4.39 Å². The number of Topliss-reactive ketones (excluding diaryl/α,β-unsaturated/α-hetero) is 1. The second kappa shape index (κ2) is 5.57. The Labute approximate surface area is 132 Å². The van der Waals surface area contributed by atoms with E-state index in [0.29, 0.717) is 29.9 Å². The Morgan fingerprint density at radius 3 is 2.91 bits per heavy atom. The molecule has 0 fully saturated rings. The first kappa shape index (κ1) is 14.8. The van der Waals surface area contributed by atoms with Gasteiger partial charge in [0.25, 0.3) is 0 Å². The minimum absolute atomic E-state index is 0.169. The van der Waals surface area contributed by atoms with Crippen LogP contribution in [0.1, 0.15) is 29.4 Å². The van der Waals surface area contributed by atoms with Gasteiger partial charge in [0, 0.05) is 25.2 Å². The van der Waals surface area contributed by atoms with Gasteiger partial charge in [0.15, 0.2) is 5.78 Å². The van der Waals surface area contributed by atoms with Crippen LogP contribution in [-0.2, 0) is 11.3 Å². The standard InChI is InChI=1S/C16H14ClFN2O2/c1-9(21)13-12-8-10(22-2)5-7-20(12)15(14(13)17)11-4-3-6-19-16(11)18/h3-4,6,8H,5,7H2,1-2H3. The van der Waals surface area contributed by atoms with Crippen molar-refractivity contribution in [3.05, 3.63) is 46.3 Å². The highest BCUT2D eigenvalue weighted by molar-refractivity contribution is 6.37. The van der Waals surface area contributed by atoms with Crippen LogP contribution in [0.4, 0.5) is 4.39 Å². The zero-order valence-corrected chi connectivity index (χ0v) is 12.9. The number of nitrogens with zero attached hydrogens (tertiary/aromatic N) is 2. The number of methoxy groups -OCH3 is 1. The van der Waals surface area contributed by atoms with Gasteiger partial charge in [0.2, 0.25) is 5.95 Å². The number of carbonyl (C=O) groups is 1. The molecular weight excluding hydrogens is 307 g/mol. The van der Waals surface area contributed by atoms with Crippen molar-refractivity contribution in [3.63, 3.8) is 0 Å². The topological polar surface area (TPSA) is 44.1 Å². The lowest BCUT2D eigenvalue weighted by molar-refractivity contribution is 0.101. The van der Waals surface area contributed by atoms with Crippen LogP contribution in [0.3, 0.4) is 0 Å². The first-order valence-corrected chi connectivity index (χ1v) is 7.20. The molecule has 3 rings (SSSR count). The Morgan fingerprint density at radius 1 is 1.50 bits per heavy atom. The highest BCUT2D eigenvalue weighted by atomic mass is 35.5. The van der Waals surface area contributed by atoms with Crippen LogP contribution in [-0.4, -0.2) is 22.4 Å². The number of fused-ring (bicyclic) bond motifs is 1.